The standard InChI is InChI=1S/C33H36N8O2/c1-33(2,3)41-21-30(31(38-41)23-7-6-22-13-15-39(4)19-24(22)16-23)37-32(42)36-26-8-10-27(11-9-26)43-28-12-14-34-29(17-28)25-18-35-40(5)20-25/h6-12,14,16-18,20-21H,13,15,19H2,1-5H3,(H2,36,37,42). The van der Waals surface area contributed by atoms with Crippen LogP contribution in [-0.2, 0) is 25.6 Å². The first-order chi connectivity index (χ1) is 20.6. The second kappa shape index (κ2) is 11.4. The average molecular weight is 577 g/mol. The molecule has 0 spiro atoms. The first kappa shape index (κ1) is 28.2. The molecule has 5 aromatic rings. The Morgan fingerprint density at radius 2 is 1.72 bits per heavy atom. The van der Waals surface area contributed by atoms with Gasteiger partial charge in [0.2, 0.25) is 0 Å². The molecule has 0 aliphatic carbocycles. The van der Waals surface area contributed by atoms with E-state index in [1.165, 1.54) is 11.1 Å². The van der Waals surface area contributed by atoms with Crippen LogP contribution in [-0.4, -0.2) is 49.1 Å². The molecule has 2 amide bonds. The van der Waals surface area contributed by atoms with E-state index in [1.54, 1.807) is 35.3 Å². The number of urea groups is 1. The molecule has 10 heteroatoms. The number of fused-ring (bicyclic) bond motifs is 1. The lowest BCUT2D eigenvalue weighted by Gasteiger charge is -2.25. The average Bonchev–Trinajstić information content (AvgIpc) is 3.60. The van der Waals surface area contributed by atoms with Gasteiger partial charge in [-0.3, -0.25) is 14.3 Å². The molecule has 2 aromatic carbocycles. The summed E-state index contributed by atoms with van der Waals surface area (Å²) in [6, 6.07) is 17.0. The van der Waals surface area contributed by atoms with Crippen LogP contribution in [0, 0.1) is 0 Å². The number of likely N-dealkylation sites (N-methyl/N-ethyl adjacent to an activating group) is 1. The van der Waals surface area contributed by atoms with Gasteiger partial charge in [-0.2, -0.15) is 10.2 Å². The lowest BCUT2D eigenvalue weighted by atomic mass is 9.96. The predicted octanol–water partition coefficient (Wildman–Crippen LogP) is 6.52. The van der Waals surface area contributed by atoms with Crippen molar-refractivity contribution in [2.75, 3.05) is 24.2 Å². The number of carbonyl (C=O) groups excluding carboxylic acids is 1. The molecule has 10 nitrogen and oxygen atoms in total. The first-order valence-electron chi connectivity index (χ1n) is 14.3. The number of amides is 2. The summed E-state index contributed by atoms with van der Waals surface area (Å²) in [6.07, 6.45) is 8.30. The van der Waals surface area contributed by atoms with E-state index in [4.69, 9.17) is 9.84 Å². The van der Waals surface area contributed by atoms with Crippen LogP contribution in [0.3, 0.4) is 0 Å². The molecule has 6 rings (SSSR count). The topological polar surface area (TPSA) is 102 Å². The zero-order chi connectivity index (χ0) is 30.1. The fourth-order valence-corrected chi connectivity index (χ4v) is 5.08. The highest BCUT2D eigenvalue weighted by Gasteiger charge is 2.22. The van der Waals surface area contributed by atoms with E-state index in [2.05, 4.69) is 71.6 Å². The van der Waals surface area contributed by atoms with Crippen molar-refractivity contribution in [3.05, 3.63) is 90.5 Å². The number of hydrogen-bond donors (Lipinski definition) is 2. The zero-order valence-corrected chi connectivity index (χ0v) is 25.1. The molecular formula is C33H36N8O2. The number of rotatable bonds is 6. The summed E-state index contributed by atoms with van der Waals surface area (Å²) < 4.78 is 9.67. The maximum absolute atomic E-state index is 13.1. The van der Waals surface area contributed by atoms with Crippen LogP contribution in [0.2, 0.25) is 0 Å². The van der Waals surface area contributed by atoms with Gasteiger partial charge in [-0.25, -0.2) is 4.79 Å². The Morgan fingerprint density at radius 3 is 2.47 bits per heavy atom. The quantitative estimate of drug-likeness (QED) is 0.239. The predicted molar refractivity (Wildman–Crippen MR) is 168 cm³/mol. The number of hydrogen-bond acceptors (Lipinski definition) is 6. The zero-order valence-electron chi connectivity index (χ0n) is 25.1. The number of nitrogens with zero attached hydrogens (tertiary/aromatic N) is 6. The molecule has 2 N–H and O–H groups in total. The number of nitrogens with one attached hydrogen (secondary N) is 2. The second-order valence-corrected chi connectivity index (χ2v) is 12.0. The first-order valence-corrected chi connectivity index (χ1v) is 14.3. The van der Waals surface area contributed by atoms with E-state index in [9.17, 15) is 4.79 Å². The van der Waals surface area contributed by atoms with Gasteiger partial charge >= 0.3 is 6.03 Å². The molecule has 4 heterocycles. The van der Waals surface area contributed by atoms with E-state index in [1.807, 2.05) is 42.3 Å². The van der Waals surface area contributed by atoms with Crippen LogP contribution < -0.4 is 15.4 Å². The lowest BCUT2D eigenvalue weighted by molar-refractivity contribution is 0.262. The summed E-state index contributed by atoms with van der Waals surface area (Å²) in [5.74, 6) is 1.30. The Bertz CT molecular complexity index is 1760. The van der Waals surface area contributed by atoms with E-state index in [0.717, 1.165) is 42.0 Å². The number of pyridine rings is 1. The van der Waals surface area contributed by atoms with E-state index >= 15 is 0 Å². The molecule has 0 saturated carbocycles. The summed E-state index contributed by atoms with van der Waals surface area (Å²) in [7, 11) is 4.00. The number of aromatic nitrogens is 5. The van der Waals surface area contributed by atoms with Crippen molar-refractivity contribution < 1.29 is 9.53 Å². The molecular weight excluding hydrogens is 540 g/mol. The highest BCUT2D eigenvalue weighted by Crippen LogP contribution is 2.32. The molecule has 1 aliphatic heterocycles. The Labute approximate surface area is 251 Å². The smallest absolute Gasteiger partial charge is 0.323 e. The van der Waals surface area contributed by atoms with Crippen LogP contribution in [0.5, 0.6) is 11.5 Å². The van der Waals surface area contributed by atoms with Crippen LogP contribution in [0.1, 0.15) is 31.9 Å². The van der Waals surface area contributed by atoms with Crippen molar-refractivity contribution in [2.24, 2.45) is 7.05 Å². The van der Waals surface area contributed by atoms with Crippen molar-refractivity contribution in [1.82, 2.24) is 29.4 Å². The van der Waals surface area contributed by atoms with Crippen molar-refractivity contribution in [2.45, 2.75) is 39.3 Å². The third-order valence-corrected chi connectivity index (χ3v) is 7.41. The third kappa shape index (κ3) is 6.44. The minimum absolute atomic E-state index is 0.247. The van der Waals surface area contributed by atoms with Crippen LogP contribution in [0.25, 0.3) is 22.5 Å². The second-order valence-electron chi connectivity index (χ2n) is 12.0. The van der Waals surface area contributed by atoms with Gasteiger partial charge in [0.15, 0.2) is 0 Å². The van der Waals surface area contributed by atoms with Crippen LogP contribution in [0.15, 0.2) is 79.4 Å². The lowest BCUT2D eigenvalue weighted by Crippen LogP contribution is -2.26. The summed E-state index contributed by atoms with van der Waals surface area (Å²) in [4.78, 5) is 19.9. The largest absolute Gasteiger partial charge is 0.457 e. The molecule has 220 valence electrons. The minimum Gasteiger partial charge on any atom is -0.457 e. The van der Waals surface area contributed by atoms with Gasteiger partial charge in [0.25, 0.3) is 0 Å². The number of ether oxygens (including phenoxy) is 1. The molecule has 0 unspecified atom stereocenters. The maximum atomic E-state index is 13.1. The number of benzene rings is 2. The maximum Gasteiger partial charge on any atom is 0.323 e. The summed E-state index contributed by atoms with van der Waals surface area (Å²) >= 11 is 0. The fourth-order valence-electron chi connectivity index (χ4n) is 5.08. The molecule has 3 aromatic heterocycles. The van der Waals surface area contributed by atoms with Gasteiger partial charge in [-0.15, -0.1) is 0 Å². The summed E-state index contributed by atoms with van der Waals surface area (Å²) in [6.45, 7) is 8.22. The van der Waals surface area contributed by atoms with Crippen molar-refractivity contribution in [3.63, 3.8) is 0 Å². The third-order valence-electron chi connectivity index (χ3n) is 7.41. The van der Waals surface area contributed by atoms with Gasteiger partial charge < -0.3 is 20.3 Å². The van der Waals surface area contributed by atoms with E-state index < -0.39 is 0 Å². The molecule has 0 saturated heterocycles. The fraction of sp³-hybridized carbons (Fsp3) is 0.273. The Kier molecular flexibility index (Phi) is 7.45. The Morgan fingerprint density at radius 1 is 0.907 bits per heavy atom. The van der Waals surface area contributed by atoms with Gasteiger partial charge in [0, 0.05) is 61.6 Å². The minimum atomic E-state index is -0.351. The van der Waals surface area contributed by atoms with E-state index in [0.29, 0.717) is 22.9 Å². The summed E-state index contributed by atoms with van der Waals surface area (Å²) in [5.41, 5.74) is 7.12. The molecule has 0 bridgehead atoms. The van der Waals surface area contributed by atoms with Crippen molar-refractivity contribution >= 4 is 17.4 Å². The number of anilines is 2. The monoisotopic (exact) mass is 576 g/mol. The Hall–Kier alpha value is -4.96. The molecule has 0 atom stereocenters. The molecule has 0 radical (unpaired) electrons. The van der Waals surface area contributed by atoms with Gasteiger partial charge in [-0.05, 0) is 81.8 Å². The highest BCUT2D eigenvalue weighted by molar-refractivity contribution is 6.01. The normalized spacial score (nSPS) is 13.4. The van der Waals surface area contributed by atoms with Crippen molar-refractivity contribution in [1.29, 1.82) is 0 Å². The van der Waals surface area contributed by atoms with Gasteiger partial charge in [-0.1, -0.05) is 12.1 Å². The van der Waals surface area contributed by atoms with E-state index in [-0.39, 0.29) is 11.6 Å². The number of aryl methyl sites for hydroxylation is 1. The molecule has 43 heavy (non-hydrogen) atoms. The van der Waals surface area contributed by atoms with Crippen LogP contribution >= 0.6 is 0 Å². The van der Waals surface area contributed by atoms with Crippen molar-refractivity contribution in [3.8, 4) is 34.0 Å². The van der Waals surface area contributed by atoms with Gasteiger partial charge in [0.05, 0.1) is 23.1 Å². The van der Waals surface area contributed by atoms with Gasteiger partial charge in [0.1, 0.15) is 17.2 Å². The highest BCUT2D eigenvalue weighted by atomic mass is 16.5. The Balaban J connectivity index is 1.16. The summed E-state index contributed by atoms with van der Waals surface area (Å²) in [5, 5.41) is 15.1. The molecule has 0 fully saturated rings. The SMILES string of the molecule is CN1CCc2ccc(-c3nn(C(C)(C)C)cc3NC(=O)Nc3ccc(Oc4ccnc(-c5cnn(C)c5)c4)cc3)cc2C1. The number of carbonyl (C=O) groups is 1. The van der Waals surface area contributed by atoms with Crippen LogP contribution in [0.4, 0.5) is 16.2 Å². The molecule has 1 aliphatic rings.